The number of aromatic amines is 1. The van der Waals surface area contributed by atoms with Crippen molar-refractivity contribution >= 4 is 5.97 Å². The number of aromatic nitrogens is 2. The fourth-order valence-corrected chi connectivity index (χ4v) is 1.12. The molecule has 5 nitrogen and oxygen atoms in total. The first kappa shape index (κ1) is 10.6. The number of ether oxygens (including phenoxy) is 1. The molecule has 1 aromatic heterocycles. The van der Waals surface area contributed by atoms with Gasteiger partial charge in [-0.05, 0) is 6.42 Å². The lowest BCUT2D eigenvalue weighted by Gasteiger charge is -2.02. The van der Waals surface area contributed by atoms with Gasteiger partial charge in [0.25, 0.3) is 5.56 Å². The number of esters is 1. The maximum atomic E-state index is 11.3. The Labute approximate surface area is 81.7 Å². The molecule has 5 heteroatoms. The van der Waals surface area contributed by atoms with Crippen LogP contribution in [0.3, 0.4) is 0 Å². The fourth-order valence-electron chi connectivity index (χ4n) is 1.12. The Morgan fingerprint density at radius 1 is 1.64 bits per heavy atom. The molecule has 0 unspecified atom stereocenters. The SMILES string of the molecule is CCc1cc(=O)n(CCOC(C)=O)[nH]1. The molecule has 1 rings (SSSR count). The van der Waals surface area contributed by atoms with E-state index < -0.39 is 0 Å². The molecule has 0 atom stereocenters. The molecule has 0 fully saturated rings. The summed E-state index contributed by atoms with van der Waals surface area (Å²) in [5, 5.41) is 2.92. The summed E-state index contributed by atoms with van der Waals surface area (Å²) in [7, 11) is 0. The van der Waals surface area contributed by atoms with Gasteiger partial charge in [0.05, 0.1) is 6.54 Å². The Morgan fingerprint density at radius 2 is 2.36 bits per heavy atom. The van der Waals surface area contributed by atoms with Gasteiger partial charge in [-0.15, -0.1) is 0 Å². The van der Waals surface area contributed by atoms with Crippen molar-refractivity contribution in [1.29, 1.82) is 0 Å². The average Bonchev–Trinajstić information content (AvgIpc) is 2.47. The largest absolute Gasteiger partial charge is 0.464 e. The van der Waals surface area contributed by atoms with Crippen LogP contribution in [0.15, 0.2) is 10.9 Å². The predicted octanol–water partition coefficient (Wildman–Crippen LogP) is 0.302. The lowest BCUT2D eigenvalue weighted by atomic mass is 10.3. The molecule has 14 heavy (non-hydrogen) atoms. The Morgan fingerprint density at radius 3 is 2.86 bits per heavy atom. The Bertz CT molecular complexity index is 364. The molecule has 78 valence electrons. The average molecular weight is 198 g/mol. The van der Waals surface area contributed by atoms with Crippen LogP contribution in [0.1, 0.15) is 19.5 Å². The van der Waals surface area contributed by atoms with Crippen molar-refractivity contribution in [2.75, 3.05) is 6.61 Å². The third-order valence-corrected chi connectivity index (χ3v) is 1.84. The van der Waals surface area contributed by atoms with E-state index in [1.807, 2.05) is 6.92 Å². The number of H-pyrrole nitrogens is 1. The van der Waals surface area contributed by atoms with Crippen molar-refractivity contribution in [1.82, 2.24) is 9.78 Å². The maximum Gasteiger partial charge on any atom is 0.302 e. The molecular formula is C9H14N2O3. The van der Waals surface area contributed by atoms with Crippen LogP contribution < -0.4 is 5.56 Å². The van der Waals surface area contributed by atoms with Gasteiger partial charge in [-0.25, -0.2) is 4.68 Å². The van der Waals surface area contributed by atoms with E-state index in [0.29, 0.717) is 6.54 Å². The summed E-state index contributed by atoms with van der Waals surface area (Å²) in [4.78, 5) is 21.7. The zero-order valence-corrected chi connectivity index (χ0v) is 8.37. The van der Waals surface area contributed by atoms with Gasteiger partial charge in [0.1, 0.15) is 6.61 Å². The van der Waals surface area contributed by atoms with Crippen molar-refractivity contribution in [3.05, 3.63) is 22.1 Å². The quantitative estimate of drug-likeness (QED) is 0.708. The molecule has 1 aromatic rings. The van der Waals surface area contributed by atoms with E-state index in [2.05, 4.69) is 5.10 Å². The first-order valence-electron chi connectivity index (χ1n) is 4.55. The van der Waals surface area contributed by atoms with Gasteiger partial charge >= 0.3 is 5.97 Å². The lowest BCUT2D eigenvalue weighted by Crippen LogP contribution is -2.19. The lowest BCUT2D eigenvalue weighted by molar-refractivity contribution is -0.141. The number of hydrogen-bond acceptors (Lipinski definition) is 3. The molecule has 0 aliphatic heterocycles. The van der Waals surface area contributed by atoms with E-state index in [1.165, 1.54) is 11.6 Å². The van der Waals surface area contributed by atoms with Crippen molar-refractivity contribution in [3.8, 4) is 0 Å². The van der Waals surface area contributed by atoms with Gasteiger partial charge in [-0.2, -0.15) is 0 Å². The van der Waals surface area contributed by atoms with Crippen LogP contribution in [0.5, 0.6) is 0 Å². The minimum atomic E-state index is -0.333. The summed E-state index contributed by atoms with van der Waals surface area (Å²) in [6.45, 7) is 3.90. The first-order chi connectivity index (χ1) is 6.63. The first-order valence-corrected chi connectivity index (χ1v) is 4.55. The highest BCUT2D eigenvalue weighted by Gasteiger charge is 2.01. The zero-order valence-electron chi connectivity index (χ0n) is 8.37. The highest BCUT2D eigenvalue weighted by molar-refractivity contribution is 5.65. The van der Waals surface area contributed by atoms with Crippen molar-refractivity contribution in [2.24, 2.45) is 0 Å². The van der Waals surface area contributed by atoms with E-state index in [1.54, 1.807) is 6.07 Å². The zero-order chi connectivity index (χ0) is 10.6. The molecule has 0 aromatic carbocycles. The minimum absolute atomic E-state index is 0.0889. The van der Waals surface area contributed by atoms with E-state index >= 15 is 0 Å². The molecule has 0 radical (unpaired) electrons. The highest BCUT2D eigenvalue weighted by atomic mass is 16.5. The van der Waals surface area contributed by atoms with Crippen LogP contribution in [-0.4, -0.2) is 22.4 Å². The molecule has 0 aliphatic carbocycles. The van der Waals surface area contributed by atoms with Crippen LogP contribution in [0.2, 0.25) is 0 Å². The van der Waals surface area contributed by atoms with Crippen LogP contribution in [-0.2, 0) is 22.5 Å². The molecule has 0 spiro atoms. The van der Waals surface area contributed by atoms with Crippen LogP contribution >= 0.6 is 0 Å². The number of carbonyl (C=O) groups excluding carboxylic acids is 1. The summed E-state index contributed by atoms with van der Waals surface area (Å²) < 4.78 is 6.16. The van der Waals surface area contributed by atoms with Crippen LogP contribution in [0.25, 0.3) is 0 Å². The topological polar surface area (TPSA) is 64.1 Å². The van der Waals surface area contributed by atoms with Gasteiger partial charge in [-0.3, -0.25) is 14.7 Å². The van der Waals surface area contributed by atoms with E-state index in [0.717, 1.165) is 12.1 Å². The van der Waals surface area contributed by atoms with Gasteiger partial charge in [0, 0.05) is 18.7 Å². The smallest absolute Gasteiger partial charge is 0.302 e. The monoisotopic (exact) mass is 198 g/mol. The minimum Gasteiger partial charge on any atom is -0.464 e. The van der Waals surface area contributed by atoms with Crippen LogP contribution in [0, 0.1) is 0 Å². The second-order valence-electron chi connectivity index (χ2n) is 2.96. The predicted molar refractivity (Wildman–Crippen MR) is 51.1 cm³/mol. The molecule has 1 N–H and O–H groups in total. The summed E-state index contributed by atoms with van der Waals surface area (Å²) >= 11 is 0. The Hall–Kier alpha value is -1.52. The third-order valence-electron chi connectivity index (χ3n) is 1.84. The number of aryl methyl sites for hydroxylation is 1. The maximum absolute atomic E-state index is 11.3. The summed E-state index contributed by atoms with van der Waals surface area (Å²) in [5.74, 6) is -0.333. The highest BCUT2D eigenvalue weighted by Crippen LogP contribution is 1.90. The molecule has 1 heterocycles. The van der Waals surface area contributed by atoms with Crippen LogP contribution in [0.4, 0.5) is 0 Å². The Balaban J connectivity index is 2.54. The van der Waals surface area contributed by atoms with Gasteiger partial charge in [0.15, 0.2) is 0 Å². The normalized spacial score (nSPS) is 10.1. The van der Waals surface area contributed by atoms with E-state index in [4.69, 9.17) is 4.74 Å². The summed E-state index contributed by atoms with van der Waals surface area (Å²) in [6.07, 6.45) is 0.788. The van der Waals surface area contributed by atoms with E-state index in [-0.39, 0.29) is 18.1 Å². The van der Waals surface area contributed by atoms with Crippen molar-refractivity contribution < 1.29 is 9.53 Å². The number of carbonyl (C=O) groups is 1. The third kappa shape index (κ3) is 2.76. The Kier molecular flexibility index (Phi) is 3.50. The summed E-state index contributed by atoms with van der Waals surface area (Å²) in [6, 6.07) is 1.55. The molecular weight excluding hydrogens is 184 g/mol. The van der Waals surface area contributed by atoms with Gasteiger partial charge < -0.3 is 4.74 Å². The molecule has 0 saturated carbocycles. The molecule has 0 amide bonds. The number of hydrogen-bond donors (Lipinski definition) is 1. The van der Waals surface area contributed by atoms with Crippen molar-refractivity contribution in [2.45, 2.75) is 26.8 Å². The number of rotatable bonds is 4. The van der Waals surface area contributed by atoms with Gasteiger partial charge in [-0.1, -0.05) is 6.92 Å². The summed E-state index contributed by atoms with van der Waals surface area (Å²) in [5.41, 5.74) is 0.798. The van der Waals surface area contributed by atoms with Gasteiger partial charge in [0.2, 0.25) is 0 Å². The second kappa shape index (κ2) is 4.64. The second-order valence-corrected chi connectivity index (χ2v) is 2.96. The van der Waals surface area contributed by atoms with Crippen molar-refractivity contribution in [3.63, 3.8) is 0 Å². The molecule has 0 bridgehead atoms. The standard InChI is InChI=1S/C9H14N2O3/c1-3-8-6-9(13)11(10-8)4-5-14-7(2)12/h6,10H,3-5H2,1-2H3. The van der Waals surface area contributed by atoms with E-state index in [9.17, 15) is 9.59 Å². The number of nitrogens with one attached hydrogen (secondary N) is 1. The molecule has 0 saturated heterocycles. The number of nitrogens with zero attached hydrogens (tertiary/aromatic N) is 1. The molecule has 0 aliphatic rings. The fraction of sp³-hybridized carbons (Fsp3) is 0.556.